The number of rotatable bonds is 4. The molecule has 1 fully saturated rings. The Morgan fingerprint density at radius 2 is 2.43 bits per heavy atom. The molecule has 0 radical (unpaired) electrons. The van der Waals surface area contributed by atoms with Crippen LogP contribution in [0.3, 0.4) is 0 Å². The van der Waals surface area contributed by atoms with E-state index in [0.29, 0.717) is 36.7 Å². The van der Waals surface area contributed by atoms with Gasteiger partial charge in [-0.3, -0.25) is 9.59 Å². The Morgan fingerprint density at radius 1 is 1.57 bits per heavy atom. The number of nitrogens with zero attached hydrogens (tertiary/aromatic N) is 2. The molecule has 1 atom stereocenters. The van der Waals surface area contributed by atoms with E-state index in [2.05, 4.69) is 10.5 Å². The first-order chi connectivity index (χ1) is 10.1. The summed E-state index contributed by atoms with van der Waals surface area (Å²) in [6.45, 7) is 2.03. The first kappa shape index (κ1) is 13.4. The van der Waals surface area contributed by atoms with E-state index in [1.165, 1.54) is 4.90 Å². The van der Waals surface area contributed by atoms with Crippen molar-refractivity contribution in [3.8, 4) is 0 Å². The van der Waals surface area contributed by atoms with Crippen LogP contribution < -0.4 is 5.32 Å². The fraction of sp³-hybridized carbons (Fsp3) is 0.357. The minimum atomic E-state index is -0.514. The summed E-state index contributed by atoms with van der Waals surface area (Å²) >= 11 is 0. The number of likely N-dealkylation sites (tertiary alicyclic amines) is 1. The van der Waals surface area contributed by atoms with Crippen molar-refractivity contribution < 1.29 is 18.5 Å². The van der Waals surface area contributed by atoms with Crippen molar-refractivity contribution in [1.82, 2.24) is 10.1 Å². The van der Waals surface area contributed by atoms with Gasteiger partial charge in [-0.2, -0.15) is 0 Å². The van der Waals surface area contributed by atoms with Crippen molar-refractivity contribution in [2.24, 2.45) is 0 Å². The molecule has 3 rings (SSSR count). The third kappa shape index (κ3) is 2.81. The summed E-state index contributed by atoms with van der Waals surface area (Å²) < 4.78 is 10.1. The van der Waals surface area contributed by atoms with Gasteiger partial charge in [0.1, 0.15) is 17.6 Å². The normalized spacial score (nSPS) is 18.2. The summed E-state index contributed by atoms with van der Waals surface area (Å²) in [6, 6.07) is 4.65. The zero-order chi connectivity index (χ0) is 14.8. The Morgan fingerprint density at radius 3 is 3.10 bits per heavy atom. The number of amides is 2. The summed E-state index contributed by atoms with van der Waals surface area (Å²) in [5.41, 5.74) is 0. The topological polar surface area (TPSA) is 88.6 Å². The Hall–Kier alpha value is -2.57. The van der Waals surface area contributed by atoms with E-state index in [0.717, 1.165) is 0 Å². The highest BCUT2D eigenvalue weighted by Gasteiger charge is 2.36. The fourth-order valence-electron chi connectivity index (χ4n) is 2.41. The second kappa shape index (κ2) is 5.43. The van der Waals surface area contributed by atoms with Gasteiger partial charge in [-0.15, -0.1) is 0 Å². The lowest BCUT2D eigenvalue weighted by Gasteiger charge is -2.22. The Kier molecular flexibility index (Phi) is 3.47. The zero-order valence-electron chi connectivity index (χ0n) is 11.5. The first-order valence-corrected chi connectivity index (χ1v) is 6.69. The number of hydrogen-bond donors (Lipinski definition) is 1. The van der Waals surface area contributed by atoms with Crippen LogP contribution in [-0.2, 0) is 16.1 Å². The van der Waals surface area contributed by atoms with Gasteiger partial charge in [-0.05, 0) is 25.5 Å². The van der Waals surface area contributed by atoms with Crippen LogP contribution in [0.15, 0.2) is 33.4 Å². The van der Waals surface area contributed by atoms with Gasteiger partial charge < -0.3 is 19.2 Å². The number of aromatic nitrogens is 1. The minimum absolute atomic E-state index is 0.0529. The third-order valence-electron chi connectivity index (χ3n) is 3.42. The van der Waals surface area contributed by atoms with E-state index >= 15 is 0 Å². The van der Waals surface area contributed by atoms with Gasteiger partial charge in [0.05, 0.1) is 12.8 Å². The van der Waals surface area contributed by atoms with Crippen LogP contribution >= 0.6 is 0 Å². The average Bonchev–Trinajstić information content (AvgIpc) is 3.15. The van der Waals surface area contributed by atoms with Gasteiger partial charge in [0, 0.05) is 12.5 Å². The standard InChI is InChI=1S/C14H15N3O4/c1-9-7-12(16-21-9)15-14(19)11-4-5-13(18)17(11)8-10-3-2-6-20-10/h2-3,6-7,11H,4-5,8H2,1H3,(H,15,16,19)/t11-/m1/s1. The highest BCUT2D eigenvalue weighted by Crippen LogP contribution is 2.23. The van der Waals surface area contributed by atoms with Crippen molar-refractivity contribution in [3.05, 3.63) is 36.0 Å². The molecule has 1 N–H and O–H groups in total. The van der Waals surface area contributed by atoms with Crippen LogP contribution in [0.4, 0.5) is 5.82 Å². The highest BCUT2D eigenvalue weighted by molar-refractivity contribution is 5.98. The molecular formula is C14H15N3O4. The molecule has 0 aromatic carbocycles. The number of nitrogens with one attached hydrogen (secondary N) is 1. The van der Waals surface area contributed by atoms with Gasteiger partial charge >= 0.3 is 0 Å². The Balaban J connectivity index is 1.70. The molecule has 0 spiro atoms. The fourth-order valence-corrected chi connectivity index (χ4v) is 2.41. The zero-order valence-corrected chi connectivity index (χ0v) is 11.5. The molecule has 1 aliphatic heterocycles. The van der Waals surface area contributed by atoms with Crippen molar-refractivity contribution in [2.45, 2.75) is 32.4 Å². The maximum Gasteiger partial charge on any atom is 0.248 e. The molecule has 2 aromatic rings. The predicted octanol–water partition coefficient (Wildman–Crippen LogP) is 1.71. The van der Waals surface area contributed by atoms with Gasteiger partial charge in [-0.1, -0.05) is 5.16 Å². The molecule has 0 bridgehead atoms. The van der Waals surface area contributed by atoms with Crippen molar-refractivity contribution >= 4 is 17.6 Å². The van der Waals surface area contributed by atoms with Crippen molar-refractivity contribution in [2.75, 3.05) is 5.32 Å². The Labute approximate surface area is 120 Å². The summed E-state index contributed by atoms with van der Waals surface area (Å²) in [5.74, 6) is 1.30. The number of anilines is 1. The number of furan rings is 1. The van der Waals surface area contributed by atoms with Crippen LogP contribution in [0.2, 0.25) is 0 Å². The Bertz CT molecular complexity index is 647. The lowest BCUT2D eigenvalue weighted by Crippen LogP contribution is -2.41. The second-order valence-corrected chi connectivity index (χ2v) is 4.97. The number of carbonyl (C=O) groups is 2. The van der Waals surface area contributed by atoms with E-state index in [1.54, 1.807) is 31.4 Å². The van der Waals surface area contributed by atoms with Crippen LogP contribution in [-0.4, -0.2) is 27.9 Å². The minimum Gasteiger partial charge on any atom is -0.467 e. The lowest BCUT2D eigenvalue weighted by molar-refractivity contribution is -0.134. The molecule has 2 aromatic heterocycles. The van der Waals surface area contributed by atoms with Crippen molar-refractivity contribution in [1.29, 1.82) is 0 Å². The molecule has 0 aliphatic carbocycles. The largest absolute Gasteiger partial charge is 0.467 e. The van der Waals surface area contributed by atoms with Crippen molar-refractivity contribution in [3.63, 3.8) is 0 Å². The SMILES string of the molecule is Cc1cc(NC(=O)[C@H]2CCC(=O)N2Cc2ccco2)no1. The van der Waals surface area contributed by atoms with Crippen LogP contribution in [0.5, 0.6) is 0 Å². The second-order valence-electron chi connectivity index (χ2n) is 4.97. The number of aryl methyl sites for hydroxylation is 1. The first-order valence-electron chi connectivity index (χ1n) is 6.69. The lowest BCUT2D eigenvalue weighted by atomic mass is 10.2. The van der Waals surface area contributed by atoms with Gasteiger partial charge in [0.2, 0.25) is 11.8 Å². The van der Waals surface area contributed by atoms with Crippen LogP contribution in [0, 0.1) is 6.92 Å². The van der Waals surface area contributed by atoms with E-state index < -0.39 is 6.04 Å². The summed E-state index contributed by atoms with van der Waals surface area (Å²) in [7, 11) is 0. The number of carbonyl (C=O) groups excluding carboxylic acids is 2. The average molecular weight is 289 g/mol. The molecule has 7 heteroatoms. The highest BCUT2D eigenvalue weighted by atomic mass is 16.5. The van der Waals surface area contributed by atoms with Crippen LogP contribution in [0.1, 0.15) is 24.4 Å². The molecule has 7 nitrogen and oxygen atoms in total. The molecule has 21 heavy (non-hydrogen) atoms. The molecule has 2 amide bonds. The van der Waals surface area contributed by atoms with Gasteiger partial charge in [0.25, 0.3) is 0 Å². The third-order valence-corrected chi connectivity index (χ3v) is 3.42. The number of hydrogen-bond acceptors (Lipinski definition) is 5. The summed E-state index contributed by atoms with van der Waals surface area (Å²) in [5, 5.41) is 6.38. The summed E-state index contributed by atoms with van der Waals surface area (Å²) in [6.07, 6.45) is 2.39. The van der Waals surface area contributed by atoms with Crippen LogP contribution in [0.25, 0.3) is 0 Å². The molecule has 0 unspecified atom stereocenters. The smallest absolute Gasteiger partial charge is 0.248 e. The maximum atomic E-state index is 12.3. The molecular weight excluding hydrogens is 274 g/mol. The van der Waals surface area contributed by atoms with E-state index in [9.17, 15) is 9.59 Å². The summed E-state index contributed by atoms with van der Waals surface area (Å²) in [4.78, 5) is 25.8. The molecule has 110 valence electrons. The maximum absolute atomic E-state index is 12.3. The van der Waals surface area contributed by atoms with Gasteiger partial charge in [-0.25, -0.2) is 0 Å². The van der Waals surface area contributed by atoms with E-state index in [1.807, 2.05) is 0 Å². The monoisotopic (exact) mass is 289 g/mol. The van der Waals surface area contributed by atoms with Gasteiger partial charge in [0.15, 0.2) is 5.82 Å². The van der Waals surface area contributed by atoms with E-state index in [4.69, 9.17) is 8.94 Å². The van der Waals surface area contributed by atoms with E-state index in [-0.39, 0.29) is 11.8 Å². The molecule has 0 saturated carbocycles. The molecule has 1 aliphatic rings. The quantitative estimate of drug-likeness (QED) is 0.925. The molecule has 1 saturated heterocycles. The predicted molar refractivity (Wildman–Crippen MR) is 72.1 cm³/mol. The molecule has 3 heterocycles.